The third kappa shape index (κ3) is 76.0. The number of esters is 2. The molecule has 9 nitrogen and oxygen atoms in total. The van der Waals surface area contributed by atoms with Crippen LogP contribution < -0.4 is 0 Å². The molecule has 1 unspecified atom stereocenters. The number of carbonyl (C=O) groups excluding carboxylic acids is 2. The Morgan fingerprint density at radius 2 is 0.500 bits per heavy atom. The number of hydrogen-bond acceptors (Lipinski definition) is 7. The van der Waals surface area contributed by atoms with Gasteiger partial charge in [-0.25, -0.2) is 4.57 Å². The highest BCUT2D eigenvalue weighted by Crippen LogP contribution is 2.43. The molecular weight excluding hydrogens is 1130 g/mol. The fraction of sp³-hybridized carbons (Fsp3) is 0.975. The first-order chi connectivity index (χ1) is 44.0. The van der Waals surface area contributed by atoms with Crippen LogP contribution in [0.15, 0.2) is 0 Å². The van der Waals surface area contributed by atoms with Crippen molar-refractivity contribution < 1.29 is 42.1 Å². The van der Waals surface area contributed by atoms with E-state index >= 15 is 0 Å². The minimum absolute atomic E-state index is 0.0379. The Bertz CT molecular complexity index is 1470. The van der Waals surface area contributed by atoms with Crippen molar-refractivity contribution in [1.29, 1.82) is 0 Å². The number of carbonyl (C=O) groups is 2. The number of hydrogen-bond donors (Lipinski definition) is 1. The van der Waals surface area contributed by atoms with E-state index in [-0.39, 0.29) is 25.6 Å². The summed E-state index contributed by atoms with van der Waals surface area (Å²) >= 11 is 0. The first-order valence-electron chi connectivity index (χ1n) is 40.8. The molecule has 1 N–H and O–H groups in total. The quantitative estimate of drug-likeness (QED) is 0.0278. The smallest absolute Gasteiger partial charge is 0.462 e. The molecule has 2 atom stereocenters. The summed E-state index contributed by atoms with van der Waals surface area (Å²) in [4.78, 5) is 36.0. The van der Waals surface area contributed by atoms with Gasteiger partial charge in [0.15, 0.2) is 6.10 Å². The summed E-state index contributed by atoms with van der Waals surface area (Å²) in [5.74, 6) is -0.764. The second-order valence-corrected chi connectivity index (χ2v) is 31.0. The molecule has 0 aliphatic carbocycles. The highest BCUT2D eigenvalue weighted by molar-refractivity contribution is 7.47. The second kappa shape index (κ2) is 72.3. The van der Waals surface area contributed by atoms with Gasteiger partial charge in [0, 0.05) is 12.8 Å². The van der Waals surface area contributed by atoms with Crippen molar-refractivity contribution in [2.75, 3.05) is 47.5 Å². The third-order valence-electron chi connectivity index (χ3n) is 19.1. The normalized spacial score (nSPS) is 12.9. The van der Waals surface area contributed by atoms with Gasteiger partial charge >= 0.3 is 19.8 Å². The van der Waals surface area contributed by atoms with Crippen LogP contribution in [0.5, 0.6) is 0 Å². The first-order valence-corrected chi connectivity index (χ1v) is 42.3. The van der Waals surface area contributed by atoms with Crippen molar-refractivity contribution in [3.05, 3.63) is 0 Å². The van der Waals surface area contributed by atoms with Crippen LogP contribution in [-0.2, 0) is 32.7 Å². The monoisotopic (exact) mass is 1300 g/mol. The molecule has 0 fully saturated rings. The van der Waals surface area contributed by atoms with E-state index in [2.05, 4.69) is 13.8 Å². The Hall–Kier alpha value is -0.990. The third-order valence-corrected chi connectivity index (χ3v) is 20.1. The number of phosphoric acid groups is 1. The fourth-order valence-corrected chi connectivity index (χ4v) is 13.7. The van der Waals surface area contributed by atoms with Crippen LogP contribution in [0, 0.1) is 0 Å². The Kier molecular flexibility index (Phi) is 71.5. The maximum Gasteiger partial charge on any atom is 0.472 e. The van der Waals surface area contributed by atoms with Gasteiger partial charge in [0.2, 0.25) is 0 Å². The van der Waals surface area contributed by atoms with Crippen molar-refractivity contribution in [1.82, 2.24) is 0 Å². The molecule has 0 saturated carbocycles. The van der Waals surface area contributed by atoms with Gasteiger partial charge in [-0.3, -0.25) is 18.6 Å². The zero-order valence-corrected chi connectivity index (χ0v) is 62.6. The van der Waals surface area contributed by atoms with Crippen molar-refractivity contribution in [2.24, 2.45) is 0 Å². The zero-order chi connectivity index (χ0) is 65.5. The number of nitrogens with zero attached hydrogens (tertiary/aromatic N) is 1. The molecule has 0 bridgehead atoms. The van der Waals surface area contributed by atoms with Crippen LogP contribution >= 0.6 is 7.82 Å². The first kappa shape index (κ1) is 89.0. The SMILES string of the molecule is CCCCCCCCCCCCCCCCCCCCCCCCCCCCCCCCCCCC(=O)OC[C@H](COP(=O)(O)OCC[N+](C)(C)C)OC(=O)CCCCCCCCCCCCCCCCCCCCCCCCCCCCCCCCCCC. The highest BCUT2D eigenvalue weighted by atomic mass is 31.2. The average molecular weight is 1300 g/mol. The highest BCUT2D eigenvalue weighted by Gasteiger charge is 2.27. The minimum atomic E-state index is -4.39. The molecule has 0 heterocycles. The number of rotatable bonds is 78. The van der Waals surface area contributed by atoms with Crippen molar-refractivity contribution >= 4 is 19.8 Å². The van der Waals surface area contributed by atoms with Crippen molar-refractivity contribution in [2.45, 2.75) is 457 Å². The molecule has 0 aromatic carbocycles. The molecule has 0 saturated heterocycles. The number of unbranched alkanes of at least 4 members (excludes halogenated alkanes) is 64. The summed E-state index contributed by atoms with van der Waals surface area (Å²) in [6, 6.07) is 0. The van der Waals surface area contributed by atoms with Gasteiger partial charge in [-0.05, 0) is 12.8 Å². The largest absolute Gasteiger partial charge is 0.472 e. The van der Waals surface area contributed by atoms with Gasteiger partial charge in [0.05, 0.1) is 27.7 Å². The molecular formula is C80H161NO8P+. The number of phosphoric ester groups is 1. The minimum Gasteiger partial charge on any atom is -0.462 e. The summed E-state index contributed by atoms with van der Waals surface area (Å²) in [6.07, 6.45) is 89.8. The molecule has 0 aliphatic heterocycles. The van der Waals surface area contributed by atoms with E-state index in [4.69, 9.17) is 18.5 Å². The van der Waals surface area contributed by atoms with Crippen LogP contribution in [-0.4, -0.2) is 74.9 Å². The molecule has 10 heteroatoms. The topological polar surface area (TPSA) is 108 Å². The maximum atomic E-state index is 12.9. The standard InChI is InChI=1S/C80H160NO8P/c1-6-8-10-12-14-16-18-20-22-24-26-28-30-32-34-36-38-40-42-44-46-48-50-52-54-56-58-60-62-64-66-68-70-72-79(82)86-76-78(77-88-90(84,85)87-75-74-81(3,4)5)89-80(83)73-71-69-67-65-63-61-59-57-55-53-51-49-47-45-43-41-39-37-35-33-31-29-27-25-23-21-19-17-15-13-11-9-7-2/h78H,6-77H2,1-5H3/p+1/t78-/m1/s1. The van der Waals surface area contributed by atoms with Gasteiger partial charge < -0.3 is 18.9 Å². The van der Waals surface area contributed by atoms with E-state index in [0.29, 0.717) is 17.4 Å². The maximum absolute atomic E-state index is 12.9. The zero-order valence-electron chi connectivity index (χ0n) is 61.7. The average Bonchev–Trinajstić information content (AvgIpc) is 3.56. The van der Waals surface area contributed by atoms with Crippen LogP contribution in [0.25, 0.3) is 0 Å². The van der Waals surface area contributed by atoms with E-state index in [0.717, 1.165) is 38.5 Å². The van der Waals surface area contributed by atoms with Crippen molar-refractivity contribution in [3.63, 3.8) is 0 Å². The summed E-state index contributed by atoms with van der Waals surface area (Å²) in [7, 11) is 1.51. The molecule has 0 radical (unpaired) electrons. The van der Waals surface area contributed by atoms with E-state index in [9.17, 15) is 19.0 Å². The van der Waals surface area contributed by atoms with Crippen LogP contribution in [0.1, 0.15) is 450 Å². The Balaban J connectivity index is 3.88. The van der Waals surface area contributed by atoms with Crippen LogP contribution in [0.2, 0.25) is 0 Å². The van der Waals surface area contributed by atoms with E-state index in [1.54, 1.807) is 0 Å². The Morgan fingerprint density at radius 3 is 0.711 bits per heavy atom. The van der Waals surface area contributed by atoms with E-state index in [1.807, 2.05) is 21.1 Å². The van der Waals surface area contributed by atoms with Crippen LogP contribution in [0.4, 0.5) is 0 Å². The lowest BCUT2D eigenvalue weighted by Crippen LogP contribution is -2.37. The number of ether oxygens (including phenoxy) is 2. The number of likely N-dealkylation sites (N-methyl/N-ethyl adjacent to an activating group) is 1. The van der Waals surface area contributed by atoms with E-state index in [1.165, 1.54) is 385 Å². The van der Waals surface area contributed by atoms with Gasteiger partial charge in [0.1, 0.15) is 19.8 Å². The van der Waals surface area contributed by atoms with Gasteiger partial charge in [-0.2, -0.15) is 0 Å². The van der Waals surface area contributed by atoms with Crippen LogP contribution in [0.3, 0.4) is 0 Å². The van der Waals surface area contributed by atoms with Gasteiger partial charge in [-0.1, -0.05) is 425 Å². The van der Waals surface area contributed by atoms with Crippen molar-refractivity contribution in [3.8, 4) is 0 Å². The van der Waals surface area contributed by atoms with E-state index < -0.39 is 26.5 Å². The summed E-state index contributed by atoms with van der Waals surface area (Å²) in [5, 5.41) is 0. The predicted molar refractivity (Wildman–Crippen MR) is 391 cm³/mol. The summed E-state index contributed by atoms with van der Waals surface area (Å²) < 4.78 is 34.9. The molecule has 0 amide bonds. The Labute approximate surface area is 563 Å². The second-order valence-electron chi connectivity index (χ2n) is 29.5. The lowest BCUT2D eigenvalue weighted by atomic mass is 10.0. The molecule has 0 spiro atoms. The molecule has 0 rings (SSSR count). The molecule has 0 aromatic heterocycles. The number of quaternary nitrogens is 1. The molecule has 0 aromatic rings. The Morgan fingerprint density at radius 1 is 0.300 bits per heavy atom. The predicted octanol–water partition coefficient (Wildman–Crippen LogP) is 26.8. The molecule has 0 aliphatic rings. The summed E-state index contributed by atoms with van der Waals surface area (Å²) in [5.41, 5.74) is 0. The fourth-order valence-electron chi connectivity index (χ4n) is 12.9. The van der Waals surface area contributed by atoms with Gasteiger partial charge in [0.25, 0.3) is 0 Å². The molecule has 90 heavy (non-hydrogen) atoms. The lowest BCUT2D eigenvalue weighted by Gasteiger charge is -2.24. The van der Waals surface area contributed by atoms with Gasteiger partial charge in [-0.15, -0.1) is 0 Å². The molecule has 538 valence electrons. The lowest BCUT2D eigenvalue weighted by molar-refractivity contribution is -0.870. The summed E-state index contributed by atoms with van der Waals surface area (Å²) in [6.45, 7) is 4.55.